The van der Waals surface area contributed by atoms with Crippen LogP contribution in [0.2, 0.25) is 0 Å². The largest absolute Gasteiger partial charge is 0.495 e. The van der Waals surface area contributed by atoms with Crippen LogP contribution in [0.5, 0.6) is 5.75 Å². The van der Waals surface area contributed by atoms with Crippen LogP contribution >= 0.6 is 11.3 Å². The fourth-order valence-corrected chi connectivity index (χ4v) is 3.71. The van der Waals surface area contributed by atoms with E-state index in [0.717, 1.165) is 46.4 Å². The third-order valence-corrected chi connectivity index (χ3v) is 5.09. The number of pyridine rings is 1. The van der Waals surface area contributed by atoms with Crippen LogP contribution in [0.3, 0.4) is 0 Å². The number of thiazole rings is 1. The number of hydrogen-bond acceptors (Lipinski definition) is 5. The first-order chi connectivity index (χ1) is 12.2. The van der Waals surface area contributed by atoms with Crippen LogP contribution in [0, 0.1) is 0 Å². The lowest BCUT2D eigenvalue weighted by atomic mass is 10.1. The van der Waals surface area contributed by atoms with Crippen LogP contribution in [0.4, 0.5) is 5.69 Å². The van der Waals surface area contributed by atoms with Gasteiger partial charge in [0.05, 0.1) is 24.7 Å². The van der Waals surface area contributed by atoms with Crippen LogP contribution < -0.4 is 9.64 Å². The van der Waals surface area contributed by atoms with Crippen molar-refractivity contribution in [1.82, 2.24) is 9.97 Å². The predicted octanol–water partition coefficient (Wildman–Crippen LogP) is 4.01. The van der Waals surface area contributed by atoms with E-state index < -0.39 is 0 Å². The topological polar surface area (TPSA) is 55.3 Å². The molecule has 4 rings (SSSR count). The monoisotopic (exact) mass is 351 g/mol. The predicted molar refractivity (Wildman–Crippen MR) is 98.9 cm³/mol. The van der Waals surface area contributed by atoms with Gasteiger partial charge in [0.25, 0.3) is 0 Å². The molecule has 25 heavy (non-hydrogen) atoms. The first-order valence-corrected chi connectivity index (χ1v) is 8.99. The number of benzene rings is 1. The zero-order chi connectivity index (χ0) is 17.2. The zero-order valence-corrected chi connectivity index (χ0v) is 14.6. The molecule has 0 atom stereocenters. The van der Waals surface area contributed by atoms with E-state index >= 15 is 0 Å². The van der Waals surface area contributed by atoms with Gasteiger partial charge in [-0.15, -0.1) is 11.3 Å². The standard InChI is InChI=1S/C19H17N3O2S/c1-24-15-7-8-16(20-11-15)19-21-17(12-25-19)13-4-2-5-14(10-13)22-9-3-6-18(22)23/h2,4-5,7-8,10-12H,3,6,9H2,1H3. The van der Waals surface area contributed by atoms with Gasteiger partial charge in [0.2, 0.25) is 5.91 Å². The number of aromatic nitrogens is 2. The number of nitrogens with zero attached hydrogens (tertiary/aromatic N) is 3. The van der Waals surface area contributed by atoms with E-state index in [1.807, 2.05) is 46.7 Å². The summed E-state index contributed by atoms with van der Waals surface area (Å²) in [7, 11) is 1.62. The minimum absolute atomic E-state index is 0.193. The van der Waals surface area contributed by atoms with Crippen molar-refractivity contribution < 1.29 is 9.53 Å². The van der Waals surface area contributed by atoms with Crippen LogP contribution in [0.25, 0.3) is 22.0 Å². The Bertz CT molecular complexity index is 905. The van der Waals surface area contributed by atoms with Gasteiger partial charge in [0.15, 0.2) is 0 Å². The average molecular weight is 351 g/mol. The van der Waals surface area contributed by atoms with Crippen LogP contribution in [0.1, 0.15) is 12.8 Å². The van der Waals surface area contributed by atoms with Crippen molar-refractivity contribution >= 4 is 22.9 Å². The van der Waals surface area contributed by atoms with Gasteiger partial charge in [-0.2, -0.15) is 0 Å². The first-order valence-electron chi connectivity index (χ1n) is 8.11. The molecular formula is C19H17N3O2S. The molecule has 1 fully saturated rings. The van der Waals surface area contributed by atoms with Gasteiger partial charge in [0, 0.05) is 29.6 Å². The molecule has 1 aromatic carbocycles. The number of carbonyl (C=O) groups is 1. The molecule has 0 aliphatic carbocycles. The Morgan fingerprint density at radius 2 is 2.12 bits per heavy atom. The van der Waals surface area contributed by atoms with E-state index in [1.165, 1.54) is 0 Å². The summed E-state index contributed by atoms with van der Waals surface area (Å²) < 4.78 is 5.14. The minimum Gasteiger partial charge on any atom is -0.495 e. The number of rotatable bonds is 4. The Morgan fingerprint density at radius 3 is 2.84 bits per heavy atom. The first kappa shape index (κ1) is 15.8. The molecule has 1 aliphatic rings. The molecule has 126 valence electrons. The molecule has 2 aromatic heterocycles. The van der Waals surface area contributed by atoms with Gasteiger partial charge < -0.3 is 9.64 Å². The summed E-state index contributed by atoms with van der Waals surface area (Å²) in [4.78, 5) is 22.9. The molecule has 0 bridgehead atoms. The summed E-state index contributed by atoms with van der Waals surface area (Å²) in [6.07, 6.45) is 3.25. The number of ether oxygens (including phenoxy) is 1. The third-order valence-electron chi connectivity index (χ3n) is 4.22. The molecule has 0 saturated carbocycles. The van der Waals surface area contributed by atoms with Crippen LogP contribution in [0.15, 0.2) is 48.0 Å². The van der Waals surface area contributed by atoms with Crippen molar-refractivity contribution in [3.63, 3.8) is 0 Å². The summed E-state index contributed by atoms with van der Waals surface area (Å²) in [5.74, 6) is 0.919. The van der Waals surface area contributed by atoms with Crippen LogP contribution in [-0.2, 0) is 4.79 Å². The molecule has 0 N–H and O–H groups in total. The minimum atomic E-state index is 0.193. The van der Waals surface area contributed by atoms with E-state index in [1.54, 1.807) is 24.6 Å². The molecule has 6 heteroatoms. The van der Waals surface area contributed by atoms with Gasteiger partial charge in [0.1, 0.15) is 10.8 Å². The van der Waals surface area contributed by atoms with Gasteiger partial charge in [-0.3, -0.25) is 4.79 Å². The molecule has 0 radical (unpaired) electrons. The summed E-state index contributed by atoms with van der Waals surface area (Å²) in [5.41, 5.74) is 3.67. The zero-order valence-electron chi connectivity index (χ0n) is 13.8. The molecule has 0 unspecified atom stereocenters. The Hall–Kier alpha value is -2.73. The lowest BCUT2D eigenvalue weighted by molar-refractivity contribution is -0.117. The Kier molecular flexibility index (Phi) is 4.19. The van der Waals surface area contributed by atoms with Gasteiger partial charge >= 0.3 is 0 Å². The van der Waals surface area contributed by atoms with Crippen molar-refractivity contribution in [2.75, 3.05) is 18.6 Å². The van der Waals surface area contributed by atoms with E-state index in [9.17, 15) is 4.79 Å². The molecule has 1 aliphatic heterocycles. The maximum absolute atomic E-state index is 12.0. The molecule has 1 saturated heterocycles. The lowest BCUT2D eigenvalue weighted by Gasteiger charge is -2.16. The quantitative estimate of drug-likeness (QED) is 0.713. The van der Waals surface area contributed by atoms with E-state index in [4.69, 9.17) is 9.72 Å². The van der Waals surface area contributed by atoms with E-state index in [2.05, 4.69) is 4.98 Å². The highest BCUT2D eigenvalue weighted by atomic mass is 32.1. The summed E-state index contributed by atoms with van der Waals surface area (Å²) >= 11 is 1.55. The Morgan fingerprint density at radius 1 is 1.20 bits per heavy atom. The number of methoxy groups -OCH3 is 1. The molecule has 3 aromatic rings. The van der Waals surface area contributed by atoms with Crippen molar-refractivity contribution in [3.8, 4) is 27.7 Å². The number of hydrogen-bond donors (Lipinski definition) is 0. The smallest absolute Gasteiger partial charge is 0.227 e. The molecule has 5 nitrogen and oxygen atoms in total. The van der Waals surface area contributed by atoms with E-state index in [0.29, 0.717) is 6.42 Å². The number of amides is 1. The van der Waals surface area contributed by atoms with Crippen LogP contribution in [-0.4, -0.2) is 29.5 Å². The molecule has 0 spiro atoms. The normalized spacial score (nSPS) is 14.1. The molecule has 3 heterocycles. The summed E-state index contributed by atoms with van der Waals surface area (Å²) in [6, 6.07) is 11.8. The highest BCUT2D eigenvalue weighted by Crippen LogP contribution is 2.31. The maximum Gasteiger partial charge on any atom is 0.227 e. The SMILES string of the molecule is COc1ccc(-c2nc(-c3cccc(N4CCCC4=O)c3)cs2)nc1. The van der Waals surface area contributed by atoms with E-state index in [-0.39, 0.29) is 5.91 Å². The summed E-state index contributed by atoms with van der Waals surface area (Å²) in [6.45, 7) is 0.792. The Balaban J connectivity index is 1.62. The second kappa shape index (κ2) is 6.64. The maximum atomic E-state index is 12.0. The fourth-order valence-electron chi connectivity index (χ4n) is 2.91. The van der Waals surface area contributed by atoms with Gasteiger partial charge in [-0.25, -0.2) is 9.97 Å². The fraction of sp³-hybridized carbons (Fsp3) is 0.211. The number of carbonyl (C=O) groups excluding carboxylic acids is 1. The highest BCUT2D eigenvalue weighted by Gasteiger charge is 2.22. The number of anilines is 1. The van der Waals surface area contributed by atoms with Crippen molar-refractivity contribution in [2.45, 2.75) is 12.8 Å². The molecule has 1 amide bonds. The average Bonchev–Trinajstić information content (AvgIpc) is 3.31. The third kappa shape index (κ3) is 3.13. The van der Waals surface area contributed by atoms with Gasteiger partial charge in [-0.1, -0.05) is 12.1 Å². The molecular weight excluding hydrogens is 334 g/mol. The van der Waals surface area contributed by atoms with Crippen molar-refractivity contribution in [3.05, 3.63) is 48.0 Å². The highest BCUT2D eigenvalue weighted by molar-refractivity contribution is 7.13. The van der Waals surface area contributed by atoms with Gasteiger partial charge in [-0.05, 0) is 30.7 Å². The van der Waals surface area contributed by atoms with Crippen molar-refractivity contribution in [2.24, 2.45) is 0 Å². The van der Waals surface area contributed by atoms with Crippen molar-refractivity contribution in [1.29, 1.82) is 0 Å². The second-order valence-electron chi connectivity index (χ2n) is 5.82. The lowest BCUT2D eigenvalue weighted by Crippen LogP contribution is -2.23. The summed E-state index contributed by atoms with van der Waals surface area (Å²) in [5, 5.41) is 2.88. The Labute approximate surface area is 149 Å². The second-order valence-corrected chi connectivity index (χ2v) is 6.68.